The highest BCUT2D eigenvalue weighted by Gasteiger charge is 2.36. The summed E-state index contributed by atoms with van der Waals surface area (Å²) < 4.78 is 73.2. The average molecular weight is 673 g/mol. The lowest BCUT2D eigenvalue weighted by molar-refractivity contribution is -0.139. The van der Waals surface area contributed by atoms with Crippen molar-refractivity contribution >= 4 is 11.9 Å². The number of nitrogens with one attached hydrogen (secondary N) is 1. The number of nitrogens with zero attached hydrogens (tertiary/aromatic N) is 3. The number of nitriles is 1. The van der Waals surface area contributed by atoms with E-state index in [1.165, 1.54) is 25.1 Å². The molecule has 0 aliphatic carbocycles. The molecule has 2 N–H and O–H groups in total. The second kappa shape index (κ2) is 14.7. The van der Waals surface area contributed by atoms with Gasteiger partial charge in [0.05, 0.1) is 23.6 Å². The number of alkyl halides is 3. The van der Waals surface area contributed by atoms with Gasteiger partial charge in [-0.05, 0) is 104 Å². The van der Waals surface area contributed by atoms with E-state index < -0.39 is 59.3 Å². The molecule has 13 heteroatoms. The minimum atomic E-state index is -4.80. The summed E-state index contributed by atoms with van der Waals surface area (Å²) in [6.45, 7) is 8.38. The molecule has 0 radical (unpaired) electrons. The Balaban J connectivity index is 1.77. The molecule has 1 unspecified atom stereocenters. The second-order valence-electron chi connectivity index (χ2n) is 12.7. The predicted octanol–water partition coefficient (Wildman–Crippen LogP) is 6.47. The van der Waals surface area contributed by atoms with Gasteiger partial charge in [0, 0.05) is 24.4 Å². The van der Waals surface area contributed by atoms with Gasteiger partial charge in [-0.2, -0.15) is 18.4 Å². The Labute approximate surface area is 274 Å². The van der Waals surface area contributed by atoms with Gasteiger partial charge in [-0.3, -0.25) is 14.4 Å². The van der Waals surface area contributed by atoms with Crippen molar-refractivity contribution in [3.63, 3.8) is 0 Å². The maximum absolute atomic E-state index is 15.7. The van der Waals surface area contributed by atoms with E-state index in [1.807, 2.05) is 4.90 Å². The van der Waals surface area contributed by atoms with Crippen molar-refractivity contribution < 1.29 is 36.6 Å². The first-order valence-electron chi connectivity index (χ1n) is 15.6. The number of pyridine rings is 1. The van der Waals surface area contributed by atoms with Crippen LogP contribution in [0.1, 0.15) is 78.6 Å². The Kier molecular flexibility index (Phi) is 11.1. The molecule has 48 heavy (non-hydrogen) atoms. The van der Waals surface area contributed by atoms with Crippen LogP contribution in [0.3, 0.4) is 0 Å². The van der Waals surface area contributed by atoms with E-state index in [0.29, 0.717) is 29.3 Å². The topological polar surface area (TPSA) is 115 Å². The Morgan fingerprint density at radius 1 is 1.06 bits per heavy atom. The molecular formula is C35H37F5N4O4. The summed E-state index contributed by atoms with van der Waals surface area (Å²) in [6.07, 6.45) is -3.59. The van der Waals surface area contributed by atoms with E-state index >= 15 is 4.39 Å². The number of carbonyl (C=O) groups is 2. The molecule has 1 fully saturated rings. The largest absolute Gasteiger partial charge is 0.481 e. The van der Waals surface area contributed by atoms with Crippen LogP contribution in [-0.2, 0) is 22.2 Å². The summed E-state index contributed by atoms with van der Waals surface area (Å²) in [5, 5.41) is 21.5. The van der Waals surface area contributed by atoms with Crippen molar-refractivity contribution in [1.29, 1.82) is 5.26 Å². The summed E-state index contributed by atoms with van der Waals surface area (Å²) in [5.74, 6) is -4.12. The van der Waals surface area contributed by atoms with Crippen LogP contribution in [-0.4, -0.2) is 46.1 Å². The Morgan fingerprint density at radius 2 is 1.75 bits per heavy atom. The fraction of sp³-hybridized carbons (Fsp3) is 0.429. The standard InChI is InChI=1S/C35H37F5N4O4/c1-19(2)10-30(44-18-22(6-9-43-7-5-8-43)27(15-31(44)45)35(38,39)40)34(48)42-29(16-32(46)47)26-13-23(12-21(4)33(26)37)25-14-28(36)24(17-41)11-20(25)3/h11-15,18-19,29-30H,5-10,16H2,1-4H3,(H,42,48)(H,46,47)/t29-,30?/m0/s1. The van der Waals surface area contributed by atoms with Crippen molar-refractivity contribution in [3.8, 4) is 17.2 Å². The number of rotatable bonds is 12. The lowest BCUT2D eigenvalue weighted by Gasteiger charge is -2.31. The molecule has 1 saturated heterocycles. The van der Waals surface area contributed by atoms with Crippen molar-refractivity contribution in [3.05, 3.63) is 91.9 Å². The number of likely N-dealkylation sites (tertiary alicyclic amines) is 1. The van der Waals surface area contributed by atoms with Crippen molar-refractivity contribution in [2.24, 2.45) is 5.92 Å². The minimum Gasteiger partial charge on any atom is -0.481 e. The molecule has 2 atom stereocenters. The van der Waals surface area contributed by atoms with Gasteiger partial charge in [-0.25, -0.2) is 8.78 Å². The third-order valence-electron chi connectivity index (χ3n) is 8.55. The monoisotopic (exact) mass is 672 g/mol. The van der Waals surface area contributed by atoms with Crippen LogP contribution in [0.5, 0.6) is 0 Å². The normalized spacial score (nSPS) is 14.7. The number of carboxylic acids is 1. The van der Waals surface area contributed by atoms with Gasteiger partial charge < -0.3 is 19.9 Å². The first-order valence-corrected chi connectivity index (χ1v) is 15.6. The van der Waals surface area contributed by atoms with E-state index in [4.69, 9.17) is 0 Å². The molecule has 2 heterocycles. The fourth-order valence-electron chi connectivity index (χ4n) is 5.94. The van der Waals surface area contributed by atoms with Crippen LogP contribution in [0, 0.1) is 42.7 Å². The fourth-order valence-corrected chi connectivity index (χ4v) is 5.94. The number of hydrogen-bond donors (Lipinski definition) is 2. The van der Waals surface area contributed by atoms with E-state index in [0.717, 1.165) is 36.3 Å². The van der Waals surface area contributed by atoms with Crippen molar-refractivity contribution in [1.82, 2.24) is 14.8 Å². The number of amides is 1. The second-order valence-corrected chi connectivity index (χ2v) is 12.7. The molecule has 1 amide bonds. The molecule has 1 aliphatic heterocycles. The van der Waals surface area contributed by atoms with Gasteiger partial charge in [0.2, 0.25) is 5.91 Å². The van der Waals surface area contributed by atoms with Crippen LogP contribution in [0.2, 0.25) is 0 Å². The first-order chi connectivity index (χ1) is 22.5. The number of carbonyl (C=O) groups excluding carboxylic acids is 1. The van der Waals surface area contributed by atoms with Crippen LogP contribution in [0.15, 0.2) is 41.3 Å². The van der Waals surface area contributed by atoms with Crippen LogP contribution in [0.25, 0.3) is 11.1 Å². The zero-order chi connectivity index (χ0) is 35.5. The Bertz CT molecular complexity index is 1810. The maximum Gasteiger partial charge on any atom is 0.416 e. The van der Waals surface area contributed by atoms with Crippen molar-refractivity contribution in [2.75, 3.05) is 19.6 Å². The molecular weight excluding hydrogens is 635 g/mol. The maximum atomic E-state index is 15.7. The van der Waals surface area contributed by atoms with Gasteiger partial charge in [0.25, 0.3) is 5.56 Å². The van der Waals surface area contributed by atoms with E-state index in [1.54, 1.807) is 26.8 Å². The number of hydrogen-bond acceptors (Lipinski definition) is 5. The SMILES string of the molecule is Cc1cc(C#N)c(F)cc1-c1cc(C)c(F)c([C@H](CC(=O)O)NC(=O)C(CC(C)C)n2cc(CCN3CCC3)c(C(F)(F)F)cc2=O)c1. The van der Waals surface area contributed by atoms with E-state index in [-0.39, 0.29) is 41.0 Å². The predicted molar refractivity (Wildman–Crippen MR) is 168 cm³/mol. The Morgan fingerprint density at radius 3 is 2.31 bits per heavy atom. The quantitative estimate of drug-likeness (QED) is 0.213. The first kappa shape index (κ1) is 36.3. The molecule has 8 nitrogen and oxygen atoms in total. The number of aliphatic carboxylic acids is 1. The van der Waals surface area contributed by atoms with Crippen molar-refractivity contribution in [2.45, 2.75) is 71.6 Å². The van der Waals surface area contributed by atoms with E-state index in [9.17, 15) is 42.3 Å². The zero-order valence-electron chi connectivity index (χ0n) is 27.0. The smallest absolute Gasteiger partial charge is 0.416 e. The molecule has 3 aromatic rings. The van der Waals surface area contributed by atoms with Crippen LogP contribution < -0.4 is 10.9 Å². The lowest BCUT2D eigenvalue weighted by atomic mass is 9.91. The molecule has 0 spiro atoms. The number of aryl methyl sites for hydroxylation is 2. The van der Waals surface area contributed by atoms with Gasteiger partial charge in [0.15, 0.2) is 0 Å². The van der Waals surface area contributed by atoms with E-state index in [2.05, 4.69) is 5.32 Å². The highest BCUT2D eigenvalue weighted by atomic mass is 19.4. The van der Waals surface area contributed by atoms with Gasteiger partial charge in [-0.15, -0.1) is 0 Å². The molecule has 256 valence electrons. The summed E-state index contributed by atoms with van der Waals surface area (Å²) in [6, 6.07) is 4.58. The summed E-state index contributed by atoms with van der Waals surface area (Å²) in [7, 11) is 0. The molecule has 0 saturated carbocycles. The zero-order valence-corrected chi connectivity index (χ0v) is 27.0. The van der Waals surface area contributed by atoms with Gasteiger partial charge >= 0.3 is 12.1 Å². The number of aromatic nitrogens is 1. The molecule has 1 aliphatic rings. The Hall–Kier alpha value is -4.57. The third kappa shape index (κ3) is 8.28. The number of halogens is 5. The van der Waals surface area contributed by atoms with Crippen LogP contribution in [0.4, 0.5) is 22.0 Å². The molecule has 1 aromatic heterocycles. The molecule has 4 rings (SSSR count). The highest BCUT2D eigenvalue weighted by Crippen LogP contribution is 2.34. The minimum absolute atomic E-state index is 0.00766. The third-order valence-corrected chi connectivity index (χ3v) is 8.55. The summed E-state index contributed by atoms with van der Waals surface area (Å²) in [4.78, 5) is 41.1. The summed E-state index contributed by atoms with van der Waals surface area (Å²) >= 11 is 0. The summed E-state index contributed by atoms with van der Waals surface area (Å²) in [5.41, 5.74) is -1.53. The number of carboxylic acid groups (broad SMARTS) is 1. The molecule has 2 aromatic carbocycles. The van der Waals surface area contributed by atoms with Crippen LogP contribution >= 0.6 is 0 Å². The number of benzene rings is 2. The van der Waals surface area contributed by atoms with Gasteiger partial charge in [-0.1, -0.05) is 13.8 Å². The average Bonchev–Trinajstić information content (AvgIpc) is 2.96. The lowest BCUT2D eigenvalue weighted by Crippen LogP contribution is -2.41. The highest BCUT2D eigenvalue weighted by molar-refractivity contribution is 5.82. The molecule has 0 bridgehead atoms. The van der Waals surface area contributed by atoms with Gasteiger partial charge in [0.1, 0.15) is 23.7 Å².